The number of likely N-dealkylation sites (N-methyl/N-ethyl adjacent to an activating group) is 1. The van der Waals surface area contributed by atoms with E-state index in [1.54, 1.807) is 4.90 Å². The third-order valence-corrected chi connectivity index (χ3v) is 2.96. The molecule has 4 nitrogen and oxygen atoms in total. The zero-order chi connectivity index (χ0) is 9.84. The van der Waals surface area contributed by atoms with E-state index in [0.29, 0.717) is 6.04 Å². The first-order valence-electron chi connectivity index (χ1n) is 4.93. The van der Waals surface area contributed by atoms with Crippen molar-refractivity contribution in [2.45, 2.75) is 18.9 Å². The van der Waals surface area contributed by atoms with E-state index in [2.05, 4.69) is 7.05 Å². The Hall–Kier alpha value is -0.610. The number of carbonyl (C=O) groups is 1. The summed E-state index contributed by atoms with van der Waals surface area (Å²) in [7, 11) is 4.13. The molecule has 0 amide bonds. The molecule has 1 atom stereocenters. The lowest BCUT2D eigenvalue weighted by Crippen LogP contribution is -3.18. The van der Waals surface area contributed by atoms with E-state index < -0.39 is 5.97 Å². The van der Waals surface area contributed by atoms with Crippen molar-refractivity contribution in [1.29, 1.82) is 0 Å². The van der Waals surface area contributed by atoms with Gasteiger partial charge in [-0.15, -0.1) is 0 Å². The lowest BCUT2D eigenvalue weighted by molar-refractivity contribution is -0.936. The number of hydrogen-bond donors (Lipinski definition) is 2. The smallest absolute Gasteiger partial charge is 0.117 e. The van der Waals surface area contributed by atoms with Crippen LogP contribution in [0.5, 0.6) is 0 Å². The number of nitrogens with one attached hydrogen (secondary N) is 2. The van der Waals surface area contributed by atoms with E-state index in [-0.39, 0.29) is 6.54 Å². The molecule has 0 aliphatic carbocycles. The van der Waals surface area contributed by atoms with Gasteiger partial charge in [0.25, 0.3) is 0 Å². The highest BCUT2D eigenvalue weighted by Crippen LogP contribution is 1.93. The highest BCUT2D eigenvalue weighted by Gasteiger charge is 2.25. The van der Waals surface area contributed by atoms with Gasteiger partial charge in [0.2, 0.25) is 0 Å². The van der Waals surface area contributed by atoms with Gasteiger partial charge in [-0.2, -0.15) is 0 Å². The SMILES string of the molecule is C[NH+]1CCC([NH+](C)CC(=O)[O-])CC1. The van der Waals surface area contributed by atoms with Gasteiger partial charge in [-0.1, -0.05) is 0 Å². The predicted octanol–water partition coefficient (Wildman–Crippen LogP) is -4.07. The minimum Gasteiger partial charge on any atom is -0.544 e. The summed E-state index contributed by atoms with van der Waals surface area (Å²) in [6.45, 7) is 2.47. The Bertz CT molecular complexity index is 176. The molecule has 76 valence electrons. The Morgan fingerprint density at radius 1 is 1.54 bits per heavy atom. The molecular weight excluding hydrogens is 168 g/mol. The molecule has 0 spiro atoms. The van der Waals surface area contributed by atoms with Crippen LogP contribution in [0.15, 0.2) is 0 Å². The summed E-state index contributed by atoms with van der Waals surface area (Å²) >= 11 is 0. The normalized spacial score (nSPS) is 31.2. The monoisotopic (exact) mass is 187 g/mol. The lowest BCUT2D eigenvalue weighted by Gasteiger charge is -2.30. The van der Waals surface area contributed by atoms with E-state index in [9.17, 15) is 9.90 Å². The third-order valence-electron chi connectivity index (χ3n) is 2.96. The molecule has 0 aromatic carbocycles. The molecule has 4 heteroatoms. The zero-order valence-electron chi connectivity index (χ0n) is 8.43. The molecule has 0 saturated carbocycles. The first-order valence-corrected chi connectivity index (χ1v) is 4.93. The molecule has 0 aromatic rings. The molecule has 1 fully saturated rings. The molecule has 1 unspecified atom stereocenters. The fourth-order valence-corrected chi connectivity index (χ4v) is 1.98. The summed E-state index contributed by atoms with van der Waals surface area (Å²) in [5.41, 5.74) is 0. The van der Waals surface area contributed by atoms with Crippen LogP contribution in [0.25, 0.3) is 0 Å². The number of carbonyl (C=O) groups excluding carboxylic acids is 1. The number of piperidine rings is 1. The number of likely N-dealkylation sites (tertiary alicyclic amines) is 1. The number of quaternary nitrogens is 2. The van der Waals surface area contributed by atoms with Crippen molar-refractivity contribution in [3.8, 4) is 0 Å². The largest absolute Gasteiger partial charge is 0.544 e. The Morgan fingerprint density at radius 3 is 2.54 bits per heavy atom. The van der Waals surface area contributed by atoms with Gasteiger partial charge in [0.1, 0.15) is 6.54 Å². The van der Waals surface area contributed by atoms with Crippen molar-refractivity contribution < 1.29 is 19.7 Å². The molecule has 1 saturated heterocycles. The first-order chi connectivity index (χ1) is 6.09. The van der Waals surface area contributed by atoms with Crippen LogP contribution < -0.4 is 14.9 Å². The zero-order valence-corrected chi connectivity index (χ0v) is 8.43. The summed E-state index contributed by atoms with van der Waals surface area (Å²) in [4.78, 5) is 13.0. The average Bonchev–Trinajstić information content (AvgIpc) is 2.04. The number of rotatable bonds is 3. The van der Waals surface area contributed by atoms with Gasteiger partial charge >= 0.3 is 0 Å². The molecule has 2 N–H and O–H groups in total. The van der Waals surface area contributed by atoms with Crippen molar-refractivity contribution in [3.05, 3.63) is 0 Å². The highest BCUT2D eigenvalue weighted by atomic mass is 16.4. The fourth-order valence-electron chi connectivity index (χ4n) is 1.98. The van der Waals surface area contributed by atoms with Crippen LogP contribution in [-0.4, -0.2) is 45.7 Å². The standard InChI is InChI=1S/C9H18N2O2/c1-10-5-3-8(4-6-10)11(2)7-9(12)13/h8H,3-7H2,1-2H3,(H,12,13)/p+1. The van der Waals surface area contributed by atoms with Gasteiger partial charge in [-0.3, -0.25) is 0 Å². The second-order valence-corrected chi connectivity index (χ2v) is 4.13. The first kappa shape index (κ1) is 10.5. The maximum Gasteiger partial charge on any atom is 0.117 e. The van der Waals surface area contributed by atoms with Gasteiger partial charge in [-0.05, 0) is 0 Å². The number of aliphatic carboxylic acids is 1. The van der Waals surface area contributed by atoms with Gasteiger partial charge in [-0.25, -0.2) is 0 Å². The van der Waals surface area contributed by atoms with Crippen LogP contribution in [0, 0.1) is 0 Å². The molecular formula is C9H19N2O2+. The summed E-state index contributed by atoms with van der Waals surface area (Å²) in [6.07, 6.45) is 2.26. The molecule has 1 aliphatic rings. The highest BCUT2D eigenvalue weighted by molar-refractivity contribution is 5.65. The molecule has 0 bridgehead atoms. The number of hydrogen-bond acceptors (Lipinski definition) is 2. The Morgan fingerprint density at radius 2 is 2.08 bits per heavy atom. The van der Waals surface area contributed by atoms with E-state index in [0.717, 1.165) is 30.8 Å². The number of carboxylic acid groups (broad SMARTS) is 1. The van der Waals surface area contributed by atoms with Crippen molar-refractivity contribution in [1.82, 2.24) is 0 Å². The average molecular weight is 187 g/mol. The maximum absolute atomic E-state index is 10.4. The topological polar surface area (TPSA) is 49.0 Å². The maximum atomic E-state index is 10.4. The summed E-state index contributed by atoms with van der Waals surface area (Å²) < 4.78 is 0. The minimum absolute atomic E-state index is 0.143. The summed E-state index contributed by atoms with van der Waals surface area (Å²) in [5, 5.41) is 10.4. The van der Waals surface area contributed by atoms with Crippen LogP contribution in [0.3, 0.4) is 0 Å². The van der Waals surface area contributed by atoms with Gasteiger partial charge in [0.15, 0.2) is 0 Å². The molecule has 13 heavy (non-hydrogen) atoms. The quantitative estimate of drug-likeness (QED) is 0.472. The fraction of sp³-hybridized carbons (Fsp3) is 0.889. The van der Waals surface area contributed by atoms with Crippen LogP contribution in [-0.2, 0) is 4.79 Å². The second kappa shape index (κ2) is 4.58. The second-order valence-electron chi connectivity index (χ2n) is 4.13. The van der Waals surface area contributed by atoms with E-state index in [1.165, 1.54) is 0 Å². The Balaban J connectivity index is 2.31. The van der Waals surface area contributed by atoms with Crippen molar-refractivity contribution in [3.63, 3.8) is 0 Å². The van der Waals surface area contributed by atoms with Crippen molar-refractivity contribution in [2.75, 3.05) is 33.7 Å². The predicted molar refractivity (Wildman–Crippen MR) is 46.4 cm³/mol. The van der Waals surface area contributed by atoms with Crippen molar-refractivity contribution >= 4 is 5.97 Å². The lowest BCUT2D eigenvalue weighted by atomic mass is 10.0. The molecule has 1 aliphatic heterocycles. The van der Waals surface area contributed by atoms with E-state index in [4.69, 9.17) is 0 Å². The molecule has 1 rings (SSSR count). The Kier molecular flexibility index (Phi) is 3.69. The molecule has 1 heterocycles. The number of carboxylic acids is 1. The molecule has 0 radical (unpaired) electrons. The summed E-state index contributed by atoms with van der Waals surface area (Å²) in [5.74, 6) is -0.941. The van der Waals surface area contributed by atoms with Crippen molar-refractivity contribution in [2.24, 2.45) is 0 Å². The van der Waals surface area contributed by atoms with Crippen LogP contribution in [0.2, 0.25) is 0 Å². The third kappa shape index (κ3) is 3.32. The molecule has 0 aromatic heterocycles. The Labute approximate surface area is 79.1 Å². The minimum atomic E-state index is -0.941. The summed E-state index contributed by atoms with van der Waals surface area (Å²) in [6, 6.07) is 0.515. The van der Waals surface area contributed by atoms with Gasteiger partial charge in [0, 0.05) is 12.8 Å². The van der Waals surface area contributed by atoms with Gasteiger partial charge in [0.05, 0.1) is 39.2 Å². The van der Waals surface area contributed by atoms with Crippen LogP contribution in [0.4, 0.5) is 0 Å². The van der Waals surface area contributed by atoms with E-state index >= 15 is 0 Å². The van der Waals surface area contributed by atoms with Gasteiger partial charge < -0.3 is 19.7 Å². The van der Waals surface area contributed by atoms with E-state index in [1.807, 2.05) is 7.05 Å². The van der Waals surface area contributed by atoms with Crippen LogP contribution >= 0.6 is 0 Å². The van der Waals surface area contributed by atoms with Crippen LogP contribution in [0.1, 0.15) is 12.8 Å².